The predicted octanol–water partition coefficient (Wildman–Crippen LogP) is 1.03. The van der Waals surface area contributed by atoms with Crippen molar-refractivity contribution < 1.29 is 4.52 Å². The van der Waals surface area contributed by atoms with E-state index in [0.717, 1.165) is 18.8 Å². The molecule has 0 amide bonds. The van der Waals surface area contributed by atoms with Crippen LogP contribution < -0.4 is 5.32 Å². The number of nitrogens with zero attached hydrogens (tertiary/aromatic N) is 1. The first-order valence-electron chi connectivity index (χ1n) is 3.14. The van der Waals surface area contributed by atoms with Crippen LogP contribution in [-0.4, -0.2) is 11.7 Å². The summed E-state index contributed by atoms with van der Waals surface area (Å²) in [5.74, 6) is 0.862. The van der Waals surface area contributed by atoms with Crippen molar-refractivity contribution in [3.8, 4) is 0 Å². The molecule has 3 nitrogen and oxygen atoms in total. The summed E-state index contributed by atoms with van der Waals surface area (Å²) in [6, 6.07) is 0. The summed E-state index contributed by atoms with van der Waals surface area (Å²) in [7, 11) is 0. The molecule has 0 unspecified atom stereocenters. The van der Waals surface area contributed by atoms with E-state index in [1.165, 1.54) is 12.0 Å². The molecule has 2 rings (SSSR count). The van der Waals surface area contributed by atoms with Crippen molar-refractivity contribution in [1.29, 1.82) is 0 Å². The average Bonchev–Trinajstić information content (AvgIpc) is 2.33. The molecule has 3 heteroatoms. The highest BCUT2D eigenvalue weighted by atomic mass is 16.5. The highest BCUT2D eigenvalue weighted by Gasteiger charge is 2.10. The molecule has 0 aliphatic carbocycles. The summed E-state index contributed by atoms with van der Waals surface area (Å²) >= 11 is 0. The zero-order valence-corrected chi connectivity index (χ0v) is 5.05. The SMILES string of the molecule is c1noc2c1CCCN2. The zero-order chi connectivity index (χ0) is 6.10. The van der Waals surface area contributed by atoms with Crippen molar-refractivity contribution in [2.75, 3.05) is 11.9 Å². The van der Waals surface area contributed by atoms with Crippen LogP contribution >= 0.6 is 0 Å². The first-order valence-corrected chi connectivity index (χ1v) is 3.14. The largest absolute Gasteiger partial charge is 0.354 e. The van der Waals surface area contributed by atoms with Gasteiger partial charge in [-0.1, -0.05) is 5.16 Å². The number of anilines is 1. The van der Waals surface area contributed by atoms with E-state index in [-0.39, 0.29) is 0 Å². The Kier molecular flexibility index (Phi) is 0.946. The quantitative estimate of drug-likeness (QED) is 0.561. The predicted molar refractivity (Wildman–Crippen MR) is 33.3 cm³/mol. The van der Waals surface area contributed by atoms with Crippen LogP contribution in [0, 0.1) is 0 Å². The van der Waals surface area contributed by atoms with E-state index < -0.39 is 0 Å². The van der Waals surface area contributed by atoms with Gasteiger partial charge in [-0.05, 0) is 12.8 Å². The number of aromatic nitrogens is 1. The maximum Gasteiger partial charge on any atom is 0.227 e. The van der Waals surface area contributed by atoms with E-state index in [1.807, 2.05) is 0 Å². The molecule has 1 N–H and O–H groups in total. The molecule has 0 bridgehead atoms. The maximum atomic E-state index is 4.89. The van der Waals surface area contributed by atoms with E-state index in [9.17, 15) is 0 Å². The van der Waals surface area contributed by atoms with Gasteiger partial charge < -0.3 is 9.84 Å². The molecule has 0 saturated heterocycles. The van der Waals surface area contributed by atoms with Crippen LogP contribution in [0.25, 0.3) is 0 Å². The van der Waals surface area contributed by atoms with E-state index in [4.69, 9.17) is 4.52 Å². The van der Waals surface area contributed by atoms with Crippen LogP contribution in [-0.2, 0) is 6.42 Å². The van der Waals surface area contributed by atoms with Gasteiger partial charge in [-0.25, -0.2) is 0 Å². The Bertz CT molecular complexity index is 186. The highest BCUT2D eigenvalue weighted by molar-refractivity contribution is 5.41. The number of hydrogen-bond acceptors (Lipinski definition) is 3. The molecule has 9 heavy (non-hydrogen) atoms. The van der Waals surface area contributed by atoms with Crippen LogP contribution in [0.4, 0.5) is 5.88 Å². The summed E-state index contributed by atoms with van der Waals surface area (Å²) in [4.78, 5) is 0. The maximum absolute atomic E-state index is 4.89. The average molecular weight is 124 g/mol. The Balaban J connectivity index is 2.39. The molecule has 1 aromatic heterocycles. The molecule has 0 aromatic carbocycles. The van der Waals surface area contributed by atoms with Gasteiger partial charge >= 0.3 is 0 Å². The van der Waals surface area contributed by atoms with E-state index in [0.29, 0.717) is 0 Å². The molecule has 0 fully saturated rings. The standard InChI is InChI=1S/C6H8N2O/c1-2-5-4-8-9-6(5)7-3-1/h4,7H,1-3H2. The topological polar surface area (TPSA) is 38.1 Å². The fourth-order valence-electron chi connectivity index (χ4n) is 1.06. The van der Waals surface area contributed by atoms with Crippen LogP contribution in [0.5, 0.6) is 0 Å². The van der Waals surface area contributed by atoms with Crippen molar-refractivity contribution in [3.05, 3.63) is 11.8 Å². The van der Waals surface area contributed by atoms with Gasteiger partial charge in [0.05, 0.1) is 6.20 Å². The van der Waals surface area contributed by atoms with Crippen molar-refractivity contribution in [2.45, 2.75) is 12.8 Å². The molecule has 48 valence electrons. The highest BCUT2D eigenvalue weighted by Crippen LogP contribution is 2.19. The normalized spacial score (nSPS) is 16.4. The second-order valence-electron chi connectivity index (χ2n) is 2.21. The Morgan fingerprint density at radius 3 is 3.56 bits per heavy atom. The Morgan fingerprint density at radius 1 is 1.67 bits per heavy atom. The second kappa shape index (κ2) is 1.76. The van der Waals surface area contributed by atoms with Crippen molar-refractivity contribution in [1.82, 2.24) is 5.16 Å². The molecule has 0 atom stereocenters. The molecule has 1 aromatic rings. The van der Waals surface area contributed by atoms with Crippen LogP contribution in [0.3, 0.4) is 0 Å². The molecule has 1 aliphatic heterocycles. The Hall–Kier alpha value is -0.990. The van der Waals surface area contributed by atoms with Crippen molar-refractivity contribution >= 4 is 5.88 Å². The van der Waals surface area contributed by atoms with Gasteiger partial charge in [0.25, 0.3) is 0 Å². The lowest BCUT2D eigenvalue weighted by Gasteiger charge is -2.08. The van der Waals surface area contributed by atoms with Crippen LogP contribution in [0.1, 0.15) is 12.0 Å². The summed E-state index contributed by atoms with van der Waals surface area (Å²) in [6.45, 7) is 1.02. The van der Waals surface area contributed by atoms with Gasteiger partial charge in [-0.2, -0.15) is 0 Å². The first kappa shape index (κ1) is 4.85. The van der Waals surface area contributed by atoms with Gasteiger partial charge in [-0.15, -0.1) is 0 Å². The molecule has 0 spiro atoms. The molecular formula is C6H8N2O. The van der Waals surface area contributed by atoms with Gasteiger partial charge in [0.2, 0.25) is 5.88 Å². The summed E-state index contributed by atoms with van der Waals surface area (Å²) in [5, 5.41) is 6.78. The molecular weight excluding hydrogens is 116 g/mol. The minimum atomic E-state index is 0.862. The second-order valence-corrected chi connectivity index (χ2v) is 2.21. The zero-order valence-electron chi connectivity index (χ0n) is 5.05. The molecule has 2 heterocycles. The lowest BCUT2D eigenvalue weighted by Crippen LogP contribution is -2.08. The monoisotopic (exact) mass is 124 g/mol. The molecule has 0 saturated carbocycles. The lowest BCUT2D eigenvalue weighted by molar-refractivity contribution is 0.429. The van der Waals surface area contributed by atoms with Gasteiger partial charge in [0.15, 0.2) is 0 Å². The number of hydrogen-bond donors (Lipinski definition) is 1. The fraction of sp³-hybridized carbons (Fsp3) is 0.500. The third kappa shape index (κ3) is 0.686. The van der Waals surface area contributed by atoms with Gasteiger partial charge in [0.1, 0.15) is 0 Å². The molecule has 1 aliphatic rings. The smallest absolute Gasteiger partial charge is 0.227 e. The fourth-order valence-corrected chi connectivity index (χ4v) is 1.06. The Labute approximate surface area is 53.0 Å². The van der Waals surface area contributed by atoms with Crippen LogP contribution in [0.15, 0.2) is 10.7 Å². The van der Waals surface area contributed by atoms with Crippen molar-refractivity contribution in [3.63, 3.8) is 0 Å². The number of rotatable bonds is 0. The number of aryl methyl sites for hydroxylation is 1. The Morgan fingerprint density at radius 2 is 2.67 bits per heavy atom. The van der Waals surface area contributed by atoms with Gasteiger partial charge in [0, 0.05) is 12.1 Å². The lowest BCUT2D eigenvalue weighted by atomic mass is 10.1. The minimum Gasteiger partial charge on any atom is -0.354 e. The first-order chi connectivity index (χ1) is 4.47. The third-order valence-corrected chi connectivity index (χ3v) is 1.55. The van der Waals surface area contributed by atoms with E-state index in [1.54, 1.807) is 6.20 Å². The van der Waals surface area contributed by atoms with Crippen molar-refractivity contribution in [2.24, 2.45) is 0 Å². The number of fused-ring (bicyclic) bond motifs is 1. The van der Waals surface area contributed by atoms with E-state index in [2.05, 4.69) is 10.5 Å². The summed E-state index contributed by atoms with van der Waals surface area (Å²) < 4.78 is 4.89. The summed E-state index contributed by atoms with van der Waals surface area (Å²) in [5.41, 5.74) is 1.21. The third-order valence-electron chi connectivity index (χ3n) is 1.55. The summed E-state index contributed by atoms with van der Waals surface area (Å²) in [6.07, 6.45) is 4.07. The van der Waals surface area contributed by atoms with Gasteiger partial charge in [-0.3, -0.25) is 0 Å². The molecule has 0 radical (unpaired) electrons. The van der Waals surface area contributed by atoms with Crippen LogP contribution in [0.2, 0.25) is 0 Å². The minimum absolute atomic E-state index is 0.862. The van der Waals surface area contributed by atoms with E-state index >= 15 is 0 Å². The number of nitrogens with one attached hydrogen (secondary N) is 1.